The third kappa shape index (κ3) is 6.45. The van der Waals surface area contributed by atoms with Crippen LogP contribution in [0.4, 0.5) is 23.7 Å². The Morgan fingerprint density at radius 1 is 1.21 bits per heavy atom. The first-order valence-electron chi connectivity index (χ1n) is 8.04. The molecule has 1 fully saturated rings. The lowest BCUT2D eigenvalue weighted by atomic mass is 10.1. The van der Waals surface area contributed by atoms with E-state index in [1.807, 2.05) is 5.32 Å². The molecule has 0 bridgehead atoms. The molecule has 0 saturated carbocycles. The molecule has 1 aromatic rings. The van der Waals surface area contributed by atoms with Crippen LogP contribution in [0.1, 0.15) is 12.8 Å². The SMILES string of the molecule is CN(CC(=O)Nc1ccc(OC(F)(F)F)cc1)C(=O)CC[C@H]1NC(=O)NC1=O. The Balaban J connectivity index is 1.77. The van der Waals surface area contributed by atoms with Gasteiger partial charge in [0, 0.05) is 19.2 Å². The monoisotopic (exact) mass is 402 g/mol. The summed E-state index contributed by atoms with van der Waals surface area (Å²) in [7, 11) is 1.38. The number of ether oxygens (including phenoxy) is 1. The smallest absolute Gasteiger partial charge is 0.406 e. The van der Waals surface area contributed by atoms with Gasteiger partial charge in [0.25, 0.3) is 5.91 Å². The number of alkyl halides is 3. The number of likely N-dealkylation sites (N-methyl/N-ethyl adjacent to an activating group) is 1. The first-order valence-corrected chi connectivity index (χ1v) is 8.04. The molecule has 152 valence electrons. The van der Waals surface area contributed by atoms with Crippen LogP contribution in [0.15, 0.2) is 24.3 Å². The molecule has 12 heteroatoms. The van der Waals surface area contributed by atoms with Crippen molar-refractivity contribution in [1.82, 2.24) is 15.5 Å². The van der Waals surface area contributed by atoms with Crippen molar-refractivity contribution in [2.24, 2.45) is 0 Å². The number of imide groups is 1. The summed E-state index contributed by atoms with van der Waals surface area (Å²) in [4.78, 5) is 47.5. The first kappa shape index (κ1) is 21.0. The Labute approximate surface area is 157 Å². The Morgan fingerprint density at radius 3 is 2.39 bits per heavy atom. The standard InChI is InChI=1S/C16H17F3N4O5/c1-23(13(25)7-6-11-14(26)22-15(27)21-11)8-12(24)20-9-2-4-10(5-3-9)28-16(17,18)19/h2-5,11H,6-8H2,1H3,(H,20,24)(H2,21,22,26,27)/t11-/m1/s1. The minimum Gasteiger partial charge on any atom is -0.406 e. The lowest BCUT2D eigenvalue weighted by molar-refractivity contribution is -0.274. The van der Waals surface area contributed by atoms with Crippen LogP contribution in [-0.4, -0.2) is 54.6 Å². The van der Waals surface area contributed by atoms with Gasteiger partial charge in [-0.3, -0.25) is 19.7 Å². The number of anilines is 1. The molecule has 0 aromatic heterocycles. The summed E-state index contributed by atoms with van der Waals surface area (Å²) in [6.07, 6.45) is -4.79. The Hall–Kier alpha value is -3.31. The van der Waals surface area contributed by atoms with Gasteiger partial charge in [0.1, 0.15) is 11.8 Å². The summed E-state index contributed by atoms with van der Waals surface area (Å²) in [5.74, 6) is -1.93. The molecule has 0 spiro atoms. The van der Waals surface area contributed by atoms with Crippen LogP contribution >= 0.6 is 0 Å². The number of nitrogens with zero attached hydrogens (tertiary/aromatic N) is 1. The van der Waals surface area contributed by atoms with Gasteiger partial charge in [-0.05, 0) is 30.7 Å². The fourth-order valence-electron chi connectivity index (χ4n) is 2.36. The van der Waals surface area contributed by atoms with Crippen LogP contribution in [0.2, 0.25) is 0 Å². The van der Waals surface area contributed by atoms with Crippen LogP contribution in [0.5, 0.6) is 5.75 Å². The van der Waals surface area contributed by atoms with Gasteiger partial charge in [0.2, 0.25) is 11.8 Å². The summed E-state index contributed by atoms with van der Waals surface area (Å²) in [6.45, 7) is -0.303. The average molecular weight is 402 g/mol. The van der Waals surface area contributed by atoms with E-state index < -0.39 is 41.9 Å². The van der Waals surface area contributed by atoms with E-state index in [1.54, 1.807) is 0 Å². The molecule has 2 rings (SSSR count). The number of carbonyl (C=O) groups excluding carboxylic acids is 4. The number of amides is 5. The Morgan fingerprint density at radius 2 is 1.86 bits per heavy atom. The minimum atomic E-state index is -4.81. The molecule has 28 heavy (non-hydrogen) atoms. The molecule has 1 atom stereocenters. The lowest BCUT2D eigenvalue weighted by Gasteiger charge is -2.17. The lowest BCUT2D eigenvalue weighted by Crippen LogP contribution is -2.36. The van der Waals surface area contributed by atoms with E-state index in [0.29, 0.717) is 0 Å². The molecule has 0 aliphatic carbocycles. The van der Waals surface area contributed by atoms with Crippen LogP contribution in [0.3, 0.4) is 0 Å². The normalized spacial score (nSPS) is 16.2. The average Bonchev–Trinajstić information content (AvgIpc) is 2.90. The maximum atomic E-state index is 12.1. The quantitative estimate of drug-likeness (QED) is 0.588. The van der Waals surface area contributed by atoms with Gasteiger partial charge >= 0.3 is 12.4 Å². The van der Waals surface area contributed by atoms with Crippen LogP contribution in [0, 0.1) is 0 Å². The molecule has 1 saturated heterocycles. The summed E-state index contributed by atoms with van der Waals surface area (Å²) in [5.41, 5.74) is 0.228. The van der Waals surface area contributed by atoms with Crippen molar-refractivity contribution in [3.8, 4) is 5.75 Å². The van der Waals surface area contributed by atoms with Gasteiger partial charge in [-0.25, -0.2) is 4.79 Å². The van der Waals surface area contributed by atoms with Gasteiger partial charge < -0.3 is 20.3 Å². The first-order chi connectivity index (χ1) is 13.0. The highest BCUT2D eigenvalue weighted by Crippen LogP contribution is 2.23. The molecular formula is C16H17F3N4O5. The molecule has 9 nitrogen and oxygen atoms in total. The number of rotatable bonds is 7. The molecule has 1 aliphatic heterocycles. The fourth-order valence-corrected chi connectivity index (χ4v) is 2.36. The van der Waals surface area contributed by atoms with Gasteiger partial charge in [-0.1, -0.05) is 0 Å². The summed E-state index contributed by atoms with van der Waals surface area (Å²) in [5, 5.41) is 6.84. The molecular weight excluding hydrogens is 385 g/mol. The zero-order valence-electron chi connectivity index (χ0n) is 14.6. The molecule has 3 N–H and O–H groups in total. The van der Waals surface area contributed by atoms with E-state index in [4.69, 9.17) is 0 Å². The van der Waals surface area contributed by atoms with Gasteiger partial charge in [-0.2, -0.15) is 0 Å². The van der Waals surface area contributed by atoms with E-state index >= 15 is 0 Å². The third-order valence-electron chi connectivity index (χ3n) is 3.68. The number of hydrogen-bond donors (Lipinski definition) is 3. The molecule has 5 amide bonds. The van der Waals surface area contributed by atoms with Crippen molar-refractivity contribution in [1.29, 1.82) is 0 Å². The number of nitrogens with one attached hydrogen (secondary N) is 3. The summed E-state index contributed by atoms with van der Waals surface area (Å²) >= 11 is 0. The predicted octanol–water partition coefficient (Wildman–Crippen LogP) is 0.970. The molecule has 0 radical (unpaired) electrons. The molecule has 1 aliphatic rings. The van der Waals surface area contributed by atoms with E-state index in [0.717, 1.165) is 17.0 Å². The van der Waals surface area contributed by atoms with Crippen molar-refractivity contribution in [2.45, 2.75) is 25.2 Å². The zero-order chi connectivity index (χ0) is 20.9. The zero-order valence-corrected chi connectivity index (χ0v) is 14.6. The highest BCUT2D eigenvalue weighted by atomic mass is 19.4. The van der Waals surface area contributed by atoms with Crippen molar-refractivity contribution < 1.29 is 37.1 Å². The second-order valence-electron chi connectivity index (χ2n) is 5.92. The highest BCUT2D eigenvalue weighted by molar-refractivity contribution is 6.04. The van der Waals surface area contributed by atoms with Crippen LogP contribution < -0.4 is 20.7 Å². The van der Waals surface area contributed by atoms with E-state index in [9.17, 15) is 32.3 Å². The Bertz CT molecular complexity index is 767. The van der Waals surface area contributed by atoms with Crippen LogP contribution in [0.25, 0.3) is 0 Å². The van der Waals surface area contributed by atoms with E-state index in [2.05, 4.69) is 15.4 Å². The maximum absolute atomic E-state index is 12.1. The topological polar surface area (TPSA) is 117 Å². The number of hydrogen-bond acceptors (Lipinski definition) is 5. The molecule has 1 heterocycles. The third-order valence-corrected chi connectivity index (χ3v) is 3.68. The number of urea groups is 1. The van der Waals surface area contributed by atoms with E-state index in [1.165, 1.54) is 19.2 Å². The second kappa shape index (κ2) is 8.59. The summed E-state index contributed by atoms with van der Waals surface area (Å²) in [6, 6.07) is 3.11. The molecule has 1 aromatic carbocycles. The largest absolute Gasteiger partial charge is 0.573 e. The van der Waals surface area contributed by atoms with Crippen molar-refractivity contribution in [3.05, 3.63) is 24.3 Å². The van der Waals surface area contributed by atoms with Crippen molar-refractivity contribution in [3.63, 3.8) is 0 Å². The van der Waals surface area contributed by atoms with E-state index in [-0.39, 0.29) is 25.1 Å². The number of benzene rings is 1. The highest BCUT2D eigenvalue weighted by Gasteiger charge is 2.31. The second-order valence-corrected chi connectivity index (χ2v) is 5.92. The predicted molar refractivity (Wildman–Crippen MR) is 89.1 cm³/mol. The fraction of sp³-hybridized carbons (Fsp3) is 0.375. The Kier molecular flexibility index (Phi) is 6.44. The maximum Gasteiger partial charge on any atom is 0.573 e. The summed E-state index contributed by atoms with van der Waals surface area (Å²) < 4.78 is 40.0. The van der Waals surface area contributed by atoms with Gasteiger partial charge in [-0.15, -0.1) is 13.2 Å². The number of carbonyl (C=O) groups is 4. The molecule has 0 unspecified atom stereocenters. The van der Waals surface area contributed by atoms with Gasteiger partial charge in [0.15, 0.2) is 0 Å². The minimum absolute atomic E-state index is 0.0639. The number of halogens is 3. The van der Waals surface area contributed by atoms with Gasteiger partial charge in [0.05, 0.1) is 6.54 Å². The van der Waals surface area contributed by atoms with Crippen LogP contribution in [-0.2, 0) is 14.4 Å². The van der Waals surface area contributed by atoms with Crippen molar-refractivity contribution >= 4 is 29.4 Å². The van der Waals surface area contributed by atoms with Crippen molar-refractivity contribution in [2.75, 3.05) is 18.9 Å².